The molecule has 1 heterocycles. The number of nitrogens with zero attached hydrogens (tertiary/aromatic N) is 2. The molecule has 4 heteroatoms. The van der Waals surface area contributed by atoms with E-state index in [2.05, 4.69) is 9.97 Å². The summed E-state index contributed by atoms with van der Waals surface area (Å²) < 4.78 is 0. The number of hydrogen-bond acceptors (Lipinski definition) is 4. The van der Waals surface area contributed by atoms with E-state index in [1.807, 2.05) is 18.4 Å². The molecule has 0 aliphatic carbocycles. The van der Waals surface area contributed by atoms with Crippen molar-refractivity contribution < 1.29 is 5.11 Å². The van der Waals surface area contributed by atoms with E-state index in [1.54, 1.807) is 24.5 Å². The van der Waals surface area contributed by atoms with Crippen LogP contribution in [0, 0.1) is 0 Å². The maximum atomic E-state index is 9.63. The Morgan fingerprint density at radius 3 is 2.40 bits per heavy atom. The summed E-state index contributed by atoms with van der Waals surface area (Å²) >= 11 is 1.49. The lowest BCUT2D eigenvalue weighted by atomic mass is 10.1. The zero-order chi connectivity index (χ0) is 10.7. The van der Waals surface area contributed by atoms with Crippen molar-refractivity contribution in [2.75, 3.05) is 6.26 Å². The second-order valence-corrected chi connectivity index (χ2v) is 3.75. The van der Waals surface area contributed by atoms with Crippen molar-refractivity contribution in [2.24, 2.45) is 0 Å². The molecule has 0 saturated carbocycles. The molecule has 1 aromatic heterocycles. The Bertz CT molecular complexity index is 456. The van der Waals surface area contributed by atoms with Gasteiger partial charge in [-0.25, -0.2) is 9.97 Å². The molecule has 0 amide bonds. The lowest BCUT2D eigenvalue weighted by molar-refractivity contribution is 0.477. The van der Waals surface area contributed by atoms with Crippen LogP contribution in [0.2, 0.25) is 0 Å². The van der Waals surface area contributed by atoms with Crippen molar-refractivity contribution in [3.05, 3.63) is 36.7 Å². The summed E-state index contributed by atoms with van der Waals surface area (Å²) in [6.45, 7) is 0. The molecule has 76 valence electrons. The smallest absolute Gasteiger partial charge is 0.187 e. The Kier molecular flexibility index (Phi) is 2.87. The van der Waals surface area contributed by atoms with Crippen molar-refractivity contribution in [1.29, 1.82) is 0 Å². The van der Waals surface area contributed by atoms with Crippen molar-refractivity contribution in [2.45, 2.75) is 5.16 Å². The fraction of sp³-hybridized carbons (Fsp3) is 0.0909. The first-order chi connectivity index (χ1) is 7.31. The molecular formula is C11H10N2OS. The minimum Gasteiger partial charge on any atom is -0.507 e. The minimum atomic E-state index is 0.248. The molecule has 0 spiro atoms. The minimum absolute atomic E-state index is 0.248. The summed E-state index contributed by atoms with van der Waals surface area (Å²) in [5.74, 6) is 0.248. The van der Waals surface area contributed by atoms with Crippen LogP contribution < -0.4 is 0 Å². The Hall–Kier alpha value is -1.55. The highest BCUT2D eigenvalue weighted by molar-refractivity contribution is 7.98. The van der Waals surface area contributed by atoms with Gasteiger partial charge in [-0.15, -0.1) is 0 Å². The zero-order valence-electron chi connectivity index (χ0n) is 8.21. The molecule has 0 radical (unpaired) electrons. The van der Waals surface area contributed by atoms with Crippen LogP contribution >= 0.6 is 11.8 Å². The lowest BCUT2D eigenvalue weighted by Crippen LogP contribution is -1.86. The highest BCUT2D eigenvalue weighted by Crippen LogP contribution is 2.27. The van der Waals surface area contributed by atoms with Gasteiger partial charge in [0.15, 0.2) is 5.16 Å². The van der Waals surface area contributed by atoms with Crippen molar-refractivity contribution >= 4 is 11.8 Å². The number of hydrogen-bond donors (Lipinski definition) is 1. The molecular weight excluding hydrogens is 208 g/mol. The first-order valence-electron chi connectivity index (χ1n) is 4.45. The number of phenolic OH excluding ortho intramolecular Hbond substituents is 1. The Morgan fingerprint density at radius 1 is 1.13 bits per heavy atom. The van der Waals surface area contributed by atoms with Crippen LogP contribution in [0.4, 0.5) is 0 Å². The summed E-state index contributed by atoms with van der Waals surface area (Å²) in [6, 6.07) is 7.15. The lowest BCUT2D eigenvalue weighted by Gasteiger charge is -2.03. The average Bonchev–Trinajstić information content (AvgIpc) is 2.30. The zero-order valence-corrected chi connectivity index (χ0v) is 9.03. The van der Waals surface area contributed by atoms with Gasteiger partial charge in [0.1, 0.15) is 5.75 Å². The summed E-state index contributed by atoms with van der Waals surface area (Å²) in [6.07, 6.45) is 5.36. The molecule has 15 heavy (non-hydrogen) atoms. The highest BCUT2D eigenvalue weighted by Gasteiger charge is 2.03. The fourth-order valence-corrected chi connectivity index (χ4v) is 1.59. The van der Waals surface area contributed by atoms with Gasteiger partial charge in [-0.3, -0.25) is 0 Å². The summed E-state index contributed by atoms with van der Waals surface area (Å²) in [4.78, 5) is 8.31. The second kappa shape index (κ2) is 4.31. The number of benzene rings is 1. The van der Waals surface area contributed by atoms with Crippen LogP contribution in [-0.4, -0.2) is 21.3 Å². The highest BCUT2D eigenvalue weighted by atomic mass is 32.2. The van der Waals surface area contributed by atoms with Crippen LogP contribution in [0.15, 0.2) is 41.8 Å². The maximum absolute atomic E-state index is 9.63. The van der Waals surface area contributed by atoms with Crippen LogP contribution in [-0.2, 0) is 0 Å². The van der Waals surface area contributed by atoms with Gasteiger partial charge in [-0.2, -0.15) is 0 Å². The molecule has 0 bridgehead atoms. The van der Waals surface area contributed by atoms with Crippen LogP contribution in [0.25, 0.3) is 11.1 Å². The Labute approximate surface area is 92.2 Å². The van der Waals surface area contributed by atoms with Crippen molar-refractivity contribution in [1.82, 2.24) is 9.97 Å². The predicted octanol–water partition coefficient (Wildman–Crippen LogP) is 2.57. The monoisotopic (exact) mass is 218 g/mol. The maximum Gasteiger partial charge on any atom is 0.187 e. The van der Waals surface area contributed by atoms with Crippen LogP contribution in [0.5, 0.6) is 5.75 Å². The molecule has 0 aliphatic rings. The molecule has 3 nitrogen and oxygen atoms in total. The first kappa shape index (κ1) is 9.98. The SMILES string of the molecule is CSc1ncc(-c2ccccc2O)cn1. The van der Waals surface area contributed by atoms with Gasteiger partial charge in [0.2, 0.25) is 0 Å². The van der Waals surface area contributed by atoms with Gasteiger partial charge in [-0.1, -0.05) is 30.0 Å². The van der Waals surface area contributed by atoms with Crippen LogP contribution in [0.3, 0.4) is 0 Å². The van der Waals surface area contributed by atoms with E-state index in [0.717, 1.165) is 16.3 Å². The van der Waals surface area contributed by atoms with Crippen molar-refractivity contribution in [3.8, 4) is 16.9 Å². The Balaban J connectivity index is 2.42. The molecule has 2 rings (SSSR count). The molecule has 0 saturated heterocycles. The standard InChI is InChI=1S/C11H10N2OS/c1-15-11-12-6-8(7-13-11)9-4-2-3-5-10(9)14/h2-7,14H,1H3. The molecule has 0 unspecified atom stereocenters. The molecule has 2 aromatic rings. The quantitative estimate of drug-likeness (QED) is 0.621. The normalized spacial score (nSPS) is 10.2. The topological polar surface area (TPSA) is 46.0 Å². The van der Waals surface area contributed by atoms with Gasteiger partial charge < -0.3 is 5.11 Å². The average molecular weight is 218 g/mol. The van der Waals surface area contributed by atoms with E-state index in [4.69, 9.17) is 0 Å². The number of rotatable bonds is 2. The first-order valence-corrected chi connectivity index (χ1v) is 5.68. The third kappa shape index (κ3) is 2.10. The van der Waals surface area contributed by atoms with E-state index in [9.17, 15) is 5.11 Å². The number of thioether (sulfide) groups is 1. The molecule has 0 atom stereocenters. The van der Waals surface area contributed by atoms with Gasteiger partial charge in [-0.05, 0) is 12.3 Å². The third-order valence-electron chi connectivity index (χ3n) is 2.03. The summed E-state index contributed by atoms with van der Waals surface area (Å²) in [5, 5.41) is 10.4. The predicted molar refractivity (Wildman–Crippen MR) is 60.9 cm³/mol. The molecule has 0 fully saturated rings. The molecule has 0 aliphatic heterocycles. The third-order valence-corrected chi connectivity index (χ3v) is 2.60. The number of aromatic nitrogens is 2. The Morgan fingerprint density at radius 2 is 1.80 bits per heavy atom. The van der Waals surface area contributed by atoms with Gasteiger partial charge in [0, 0.05) is 23.5 Å². The number of phenols is 1. The number of aromatic hydroxyl groups is 1. The van der Waals surface area contributed by atoms with E-state index >= 15 is 0 Å². The molecule has 1 N–H and O–H groups in total. The summed E-state index contributed by atoms with van der Waals surface area (Å²) in [7, 11) is 0. The van der Waals surface area contributed by atoms with Gasteiger partial charge in [0.05, 0.1) is 0 Å². The van der Waals surface area contributed by atoms with Gasteiger partial charge >= 0.3 is 0 Å². The molecule has 1 aromatic carbocycles. The van der Waals surface area contributed by atoms with E-state index in [1.165, 1.54) is 11.8 Å². The fourth-order valence-electron chi connectivity index (χ4n) is 1.28. The van der Waals surface area contributed by atoms with E-state index in [0.29, 0.717) is 0 Å². The van der Waals surface area contributed by atoms with Gasteiger partial charge in [0.25, 0.3) is 0 Å². The largest absolute Gasteiger partial charge is 0.507 e. The van der Waals surface area contributed by atoms with E-state index < -0.39 is 0 Å². The summed E-state index contributed by atoms with van der Waals surface area (Å²) in [5.41, 5.74) is 1.58. The van der Waals surface area contributed by atoms with E-state index in [-0.39, 0.29) is 5.75 Å². The number of para-hydroxylation sites is 1. The second-order valence-electron chi connectivity index (χ2n) is 2.98. The van der Waals surface area contributed by atoms with Crippen LogP contribution in [0.1, 0.15) is 0 Å². The van der Waals surface area contributed by atoms with Crippen molar-refractivity contribution in [3.63, 3.8) is 0 Å².